The Morgan fingerprint density at radius 1 is 0.800 bits per heavy atom. The Bertz CT molecular complexity index is 952. The van der Waals surface area contributed by atoms with Crippen LogP contribution in [-0.4, -0.2) is 5.78 Å². The van der Waals surface area contributed by atoms with Gasteiger partial charge in [-0.05, 0) is 24.3 Å². The molecule has 0 unspecified atom stereocenters. The molecule has 1 aliphatic rings. The van der Waals surface area contributed by atoms with Crippen LogP contribution in [0, 0.1) is 0 Å². The highest BCUT2D eigenvalue weighted by Crippen LogP contribution is 2.44. The molecule has 4 rings (SSSR count). The number of nitrogens with two attached hydrogens (primary N) is 1. The van der Waals surface area contributed by atoms with E-state index in [0.717, 1.165) is 27.4 Å². The number of thioether (sulfide) groups is 1. The minimum Gasteiger partial charge on any atom is -0.288 e. The van der Waals surface area contributed by atoms with E-state index in [2.05, 4.69) is 0 Å². The molecule has 0 saturated heterocycles. The van der Waals surface area contributed by atoms with Gasteiger partial charge in [-0.2, -0.15) is 0 Å². The topological polar surface area (TPSA) is 46.3 Å². The van der Waals surface area contributed by atoms with Gasteiger partial charge in [0, 0.05) is 16.0 Å². The third-order valence-corrected chi connectivity index (χ3v) is 5.25. The van der Waals surface area contributed by atoms with Crippen LogP contribution in [0.4, 0.5) is 5.69 Å². The van der Waals surface area contributed by atoms with Gasteiger partial charge >= 0.3 is 0 Å². The number of allylic oxidation sites excluding steroid dienone is 1. The Hall–Kier alpha value is -2.82. The van der Waals surface area contributed by atoms with Crippen molar-refractivity contribution < 1.29 is 4.79 Å². The summed E-state index contributed by atoms with van der Waals surface area (Å²) in [5.74, 6) is 6.48. The van der Waals surface area contributed by atoms with E-state index < -0.39 is 0 Å². The van der Waals surface area contributed by atoms with Gasteiger partial charge in [0.05, 0.1) is 16.3 Å². The molecule has 0 atom stereocenters. The molecule has 0 amide bonds. The number of hydrogen-bond donors (Lipinski definition) is 1. The van der Waals surface area contributed by atoms with Crippen LogP contribution in [0.2, 0.25) is 0 Å². The number of ketones is 1. The SMILES string of the molecule is NN(/C(=C1/Sc2ccccc2C1=O)c1ccccc1)c1ccccc1. The van der Waals surface area contributed by atoms with Crippen molar-refractivity contribution in [2.24, 2.45) is 5.84 Å². The number of fused-ring (bicyclic) bond motifs is 1. The van der Waals surface area contributed by atoms with Gasteiger partial charge in [0.1, 0.15) is 0 Å². The molecule has 1 heterocycles. The fourth-order valence-corrected chi connectivity index (χ4v) is 4.02. The van der Waals surface area contributed by atoms with E-state index >= 15 is 0 Å². The van der Waals surface area contributed by atoms with Gasteiger partial charge in [0.15, 0.2) is 0 Å². The Morgan fingerprint density at radius 3 is 2.08 bits per heavy atom. The zero-order valence-corrected chi connectivity index (χ0v) is 14.2. The standard InChI is InChI=1S/C21H16N2OS/c22-23(16-11-5-2-6-12-16)19(15-9-3-1-4-10-15)21-20(24)17-13-7-8-14-18(17)25-21/h1-14H,22H2/b21-19+. The third-order valence-electron chi connectivity index (χ3n) is 4.09. The number of Topliss-reactive ketones (excluding diaryl/α,β-unsaturated/α-hetero) is 1. The fraction of sp³-hybridized carbons (Fsp3) is 0. The van der Waals surface area contributed by atoms with Gasteiger partial charge < -0.3 is 0 Å². The van der Waals surface area contributed by atoms with E-state index in [1.54, 1.807) is 5.01 Å². The smallest absolute Gasteiger partial charge is 0.203 e. The average molecular weight is 344 g/mol. The van der Waals surface area contributed by atoms with Crippen LogP contribution in [-0.2, 0) is 0 Å². The zero-order chi connectivity index (χ0) is 17.2. The number of anilines is 1. The first-order chi connectivity index (χ1) is 12.3. The molecule has 0 aliphatic carbocycles. The molecule has 0 radical (unpaired) electrons. The van der Waals surface area contributed by atoms with Gasteiger partial charge in [0.2, 0.25) is 5.78 Å². The zero-order valence-electron chi connectivity index (χ0n) is 13.4. The molecule has 3 aromatic rings. The molecule has 0 bridgehead atoms. The third kappa shape index (κ3) is 2.86. The van der Waals surface area contributed by atoms with E-state index in [1.807, 2.05) is 84.9 Å². The minimum atomic E-state index is 0.0193. The maximum atomic E-state index is 13.0. The average Bonchev–Trinajstić information content (AvgIpc) is 3.00. The number of carbonyl (C=O) groups is 1. The predicted octanol–water partition coefficient (Wildman–Crippen LogP) is 4.72. The van der Waals surface area contributed by atoms with Crippen LogP contribution in [0.1, 0.15) is 15.9 Å². The van der Waals surface area contributed by atoms with Crippen molar-refractivity contribution in [1.29, 1.82) is 0 Å². The first-order valence-corrected chi connectivity index (χ1v) is 8.78. The largest absolute Gasteiger partial charge is 0.288 e. The molecule has 0 fully saturated rings. The fourth-order valence-electron chi connectivity index (χ4n) is 2.87. The molecule has 4 heteroatoms. The summed E-state index contributed by atoms with van der Waals surface area (Å²) in [5, 5.41) is 1.60. The molecule has 3 aromatic carbocycles. The van der Waals surface area contributed by atoms with E-state index in [1.165, 1.54) is 11.8 Å². The molecule has 122 valence electrons. The molecule has 0 spiro atoms. The Kier molecular flexibility index (Phi) is 4.14. The van der Waals surface area contributed by atoms with Gasteiger partial charge in [-0.25, -0.2) is 5.84 Å². The second kappa shape index (κ2) is 6.59. The summed E-state index contributed by atoms with van der Waals surface area (Å²) in [5.41, 5.74) is 3.20. The summed E-state index contributed by atoms with van der Waals surface area (Å²) in [4.78, 5) is 14.6. The van der Waals surface area contributed by atoms with Crippen molar-refractivity contribution in [1.82, 2.24) is 0 Å². The highest BCUT2D eigenvalue weighted by Gasteiger charge is 2.30. The first-order valence-electron chi connectivity index (χ1n) is 7.97. The van der Waals surface area contributed by atoms with Crippen LogP contribution in [0.3, 0.4) is 0 Å². The number of rotatable bonds is 3. The first kappa shape index (κ1) is 15.7. The Labute approximate surface area is 150 Å². The second-order valence-electron chi connectivity index (χ2n) is 5.68. The van der Waals surface area contributed by atoms with Crippen LogP contribution >= 0.6 is 11.8 Å². The van der Waals surface area contributed by atoms with Crippen molar-refractivity contribution in [2.75, 3.05) is 5.01 Å². The van der Waals surface area contributed by atoms with Gasteiger partial charge in [-0.15, -0.1) is 0 Å². The number of nitrogens with zero attached hydrogens (tertiary/aromatic N) is 1. The van der Waals surface area contributed by atoms with Crippen molar-refractivity contribution in [3.63, 3.8) is 0 Å². The molecular formula is C21H16N2OS. The lowest BCUT2D eigenvalue weighted by Gasteiger charge is -2.24. The summed E-state index contributed by atoms with van der Waals surface area (Å²) in [6, 6.07) is 27.1. The van der Waals surface area contributed by atoms with Crippen LogP contribution in [0.15, 0.2) is 94.7 Å². The normalized spacial score (nSPS) is 15.0. The lowest BCUT2D eigenvalue weighted by atomic mass is 10.1. The van der Waals surface area contributed by atoms with Gasteiger partial charge in [0.25, 0.3) is 0 Å². The maximum Gasteiger partial charge on any atom is 0.203 e. The van der Waals surface area contributed by atoms with Gasteiger partial charge in [-0.3, -0.25) is 9.80 Å². The number of benzene rings is 3. The highest BCUT2D eigenvalue weighted by molar-refractivity contribution is 8.05. The summed E-state index contributed by atoms with van der Waals surface area (Å²) in [6.45, 7) is 0. The summed E-state index contributed by atoms with van der Waals surface area (Å²) < 4.78 is 0. The second-order valence-corrected chi connectivity index (χ2v) is 6.73. The summed E-state index contributed by atoms with van der Waals surface area (Å²) >= 11 is 1.48. The summed E-state index contributed by atoms with van der Waals surface area (Å²) in [7, 11) is 0. The Balaban J connectivity index is 1.89. The van der Waals surface area contributed by atoms with Crippen LogP contribution < -0.4 is 10.9 Å². The number of para-hydroxylation sites is 1. The quantitative estimate of drug-likeness (QED) is 0.424. The van der Waals surface area contributed by atoms with E-state index in [4.69, 9.17) is 5.84 Å². The highest BCUT2D eigenvalue weighted by atomic mass is 32.2. The molecular weight excluding hydrogens is 328 g/mol. The molecule has 3 nitrogen and oxygen atoms in total. The van der Waals surface area contributed by atoms with E-state index in [0.29, 0.717) is 4.91 Å². The van der Waals surface area contributed by atoms with Crippen LogP contribution in [0.5, 0.6) is 0 Å². The molecule has 0 saturated carbocycles. The van der Waals surface area contributed by atoms with Crippen LogP contribution in [0.25, 0.3) is 5.70 Å². The molecule has 25 heavy (non-hydrogen) atoms. The maximum absolute atomic E-state index is 13.0. The van der Waals surface area contributed by atoms with Crippen molar-refractivity contribution >= 4 is 28.9 Å². The molecule has 1 aliphatic heterocycles. The van der Waals surface area contributed by atoms with E-state index in [9.17, 15) is 4.79 Å². The van der Waals surface area contributed by atoms with Gasteiger partial charge in [-0.1, -0.05) is 72.4 Å². The lowest BCUT2D eigenvalue weighted by Crippen LogP contribution is -2.30. The Morgan fingerprint density at radius 2 is 1.40 bits per heavy atom. The summed E-state index contributed by atoms with van der Waals surface area (Å²) in [6.07, 6.45) is 0. The monoisotopic (exact) mass is 344 g/mol. The predicted molar refractivity (Wildman–Crippen MR) is 103 cm³/mol. The lowest BCUT2D eigenvalue weighted by molar-refractivity contribution is 0.104. The molecule has 2 N–H and O–H groups in total. The number of hydrazine groups is 1. The van der Waals surface area contributed by atoms with Crippen molar-refractivity contribution in [3.8, 4) is 0 Å². The van der Waals surface area contributed by atoms with Crippen molar-refractivity contribution in [3.05, 3.63) is 101 Å². The number of carbonyl (C=O) groups excluding carboxylic acids is 1. The number of hydrogen-bond acceptors (Lipinski definition) is 4. The van der Waals surface area contributed by atoms with E-state index in [-0.39, 0.29) is 5.78 Å². The molecule has 0 aromatic heterocycles. The minimum absolute atomic E-state index is 0.0193. The van der Waals surface area contributed by atoms with Crippen molar-refractivity contribution in [2.45, 2.75) is 4.90 Å².